The van der Waals surface area contributed by atoms with Gasteiger partial charge in [-0.3, -0.25) is 9.78 Å². The van der Waals surface area contributed by atoms with E-state index in [1.807, 2.05) is 31.2 Å². The number of hydrogen-bond donors (Lipinski definition) is 1. The number of carbonyl (C=O) groups is 1. The van der Waals surface area contributed by atoms with Crippen LogP contribution in [0.25, 0.3) is 11.1 Å². The minimum absolute atomic E-state index is 0.168. The van der Waals surface area contributed by atoms with Crippen molar-refractivity contribution in [3.63, 3.8) is 0 Å². The highest BCUT2D eigenvalue weighted by molar-refractivity contribution is 6.17. The maximum Gasteiger partial charge on any atom is 0.251 e. The third kappa shape index (κ3) is 4.19. The van der Waals surface area contributed by atoms with E-state index in [2.05, 4.69) is 20.3 Å². The molecule has 1 amide bonds. The topological polar surface area (TPSA) is 67.8 Å². The van der Waals surface area contributed by atoms with Crippen molar-refractivity contribution in [2.45, 2.75) is 19.3 Å². The maximum absolute atomic E-state index is 12.5. The van der Waals surface area contributed by atoms with E-state index in [1.54, 1.807) is 24.7 Å². The van der Waals surface area contributed by atoms with Crippen LogP contribution in [0.15, 0.2) is 55.2 Å². The number of nitrogens with zero attached hydrogens (tertiary/aromatic N) is 3. The SMILES string of the molecule is Cc1ncccc1-c1cc(CCl)cc(C(=O)NCc2cncnc2)c1. The number of alkyl halides is 1. The summed E-state index contributed by atoms with van der Waals surface area (Å²) in [4.78, 5) is 24.7. The smallest absolute Gasteiger partial charge is 0.251 e. The number of halogens is 1. The zero-order chi connectivity index (χ0) is 17.6. The second-order valence-electron chi connectivity index (χ2n) is 5.62. The van der Waals surface area contributed by atoms with Crippen LogP contribution in [0.2, 0.25) is 0 Å². The Bertz CT molecular complexity index is 884. The van der Waals surface area contributed by atoms with E-state index in [4.69, 9.17) is 11.6 Å². The van der Waals surface area contributed by atoms with Crippen LogP contribution in [0.4, 0.5) is 0 Å². The number of aromatic nitrogens is 3. The summed E-state index contributed by atoms with van der Waals surface area (Å²) in [6.07, 6.45) is 6.55. The standard InChI is InChI=1S/C19H17ClN4O/c1-13-18(3-2-4-23-13)16-5-14(8-20)6-17(7-16)19(25)24-11-15-9-21-12-22-10-15/h2-7,9-10,12H,8,11H2,1H3,(H,24,25). The molecule has 0 saturated carbocycles. The van der Waals surface area contributed by atoms with Crippen molar-refractivity contribution in [3.05, 3.63) is 77.6 Å². The fourth-order valence-corrected chi connectivity index (χ4v) is 2.71. The first-order chi connectivity index (χ1) is 12.2. The van der Waals surface area contributed by atoms with Gasteiger partial charge in [-0.05, 0) is 42.3 Å². The predicted molar refractivity (Wildman–Crippen MR) is 97.2 cm³/mol. The van der Waals surface area contributed by atoms with Gasteiger partial charge in [-0.25, -0.2) is 9.97 Å². The second-order valence-corrected chi connectivity index (χ2v) is 5.89. The molecule has 1 N–H and O–H groups in total. The summed E-state index contributed by atoms with van der Waals surface area (Å²) in [7, 11) is 0. The van der Waals surface area contributed by atoms with Gasteiger partial charge in [0.2, 0.25) is 0 Å². The molecule has 2 heterocycles. The highest BCUT2D eigenvalue weighted by Gasteiger charge is 2.11. The molecular formula is C19H17ClN4O. The lowest BCUT2D eigenvalue weighted by atomic mass is 9.99. The molecule has 1 aromatic carbocycles. The van der Waals surface area contributed by atoms with Crippen LogP contribution in [0.3, 0.4) is 0 Å². The lowest BCUT2D eigenvalue weighted by molar-refractivity contribution is 0.0951. The van der Waals surface area contributed by atoms with E-state index in [0.29, 0.717) is 18.0 Å². The van der Waals surface area contributed by atoms with Gasteiger partial charge >= 0.3 is 0 Å². The first kappa shape index (κ1) is 17.0. The molecule has 0 bridgehead atoms. The molecule has 0 saturated heterocycles. The Morgan fingerprint density at radius 1 is 1.16 bits per heavy atom. The molecule has 0 aliphatic rings. The van der Waals surface area contributed by atoms with Gasteiger partial charge < -0.3 is 5.32 Å². The summed E-state index contributed by atoms with van der Waals surface area (Å²) < 4.78 is 0. The normalized spacial score (nSPS) is 10.5. The zero-order valence-electron chi connectivity index (χ0n) is 13.7. The average Bonchev–Trinajstić information content (AvgIpc) is 2.67. The fraction of sp³-hybridized carbons (Fsp3) is 0.158. The van der Waals surface area contributed by atoms with E-state index in [-0.39, 0.29) is 5.91 Å². The van der Waals surface area contributed by atoms with E-state index in [9.17, 15) is 4.79 Å². The molecule has 5 nitrogen and oxygen atoms in total. The largest absolute Gasteiger partial charge is 0.348 e. The number of amides is 1. The van der Waals surface area contributed by atoms with Crippen LogP contribution < -0.4 is 5.32 Å². The van der Waals surface area contributed by atoms with Gasteiger partial charge in [0.25, 0.3) is 5.91 Å². The van der Waals surface area contributed by atoms with Crippen LogP contribution in [0, 0.1) is 6.92 Å². The Kier molecular flexibility index (Phi) is 5.36. The molecule has 3 aromatic rings. The summed E-state index contributed by atoms with van der Waals surface area (Å²) in [6, 6.07) is 9.51. The molecule has 3 rings (SSSR count). The molecule has 6 heteroatoms. The number of benzene rings is 1. The van der Waals surface area contributed by atoms with Crippen LogP contribution in [0.5, 0.6) is 0 Å². The highest BCUT2D eigenvalue weighted by Crippen LogP contribution is 2.25. The molecule has 0 atom stereocenters. The molecule has 0 spiro atoms. The average molecular weight is 353 g/mol. The first-order valence-corrected chi connectivity index (χ1v) is 8.35. The molecular weight excluding hydrogens is 336 g/mol. The van der Waals surface area contributed by atoms with Crippen molar-refractivity contribution in [2.24, 2.45) is 0 Å². The predicted octanol–water partition coefficient (Wildman–Crippen LogP) is 3.52. The number of nitrogens with one attached hydrogen (secondary N) is 1. The minimum Gasteiger partial charge on any atom is -0.348 e. The van der Waals surface area contributed by atoms with Gasteiger partial charge in [0.05, 0.1) is 0 Å². The molecule has 0 aliphatic carbocycles. The quantitative estimate of drug-likeness (QED) is 0.713. The van der Waals surface area contributed by atoms with Gasteiger partial charge in [0.15, 0.2) is 0 Å². The van der Waals surface area contributed by atoms with Gasteiger partial charge in [0, 0.05) is 53.4 Å². The Hall–Kier alpha value is -2.79. The van der Waals surface area contributed by atoms with E-state index in [0.717, 1.165) is 27.9 Å². The molecule has 0 unspecified atom stereocenters. The maximum atomic E-state index is 12.5. The summed E-state index contributed by atoms with van der Waals surface area (Å²) in [5.41, 5.74) is 5.11. The monoisotopic (exact) mass is 352 g/mol. The summed E-state index contributed by atoms with van der Waals surface area (Å²) in [5, 5.41) is 2.88. The van der Waals surface area contributed by atoms with Crippen LogP contribution in [0.1, 0.15) is 27.2 Å². The molecule has 25 heavy (non-hydrogen) atoms. The first-order valence-electron chi connectivity index (χ1n) is 7.81. The van der Waals surface area contributed by atoms with Gasteiger partial charge in [0.1, 0.15) is 6.33 Å². The molecule has 0 fully saturated rings. The highest BCUT2D eigenvalue weighted by atomic mass is 35.5. The molecule has 0 aliphatic heterocycles. The number of hydrogen-bond acceptors (Lipinski definition) is 4. The van der Waals surface area contributed by atoms with Crippen molar-refractivity contribution in [1.82, 2.24) is 20.3 Å². The molecule has 126 valence electrons. The Morgan fingerprint density at radius 2 is 1.96 bits per heavy atom. The van der Waals surface area contributed by atoms with Crippen molar-refractivity contribution in [1.29, 1.82) is 0 Å². The Labute approximate surface area is 151 Å². The van der Waals surface area contributed by atoms with Crippen molar-refractivity contribution < 1.29 is 4.79 Å². The lowest BCUT2D eigenvalue weighted by Crippen LogP contribution is -2.23. The summed E-state index contributed by atoms with van der Waals surface area (Å²) in [5.74, 6) is 0.165. The van der Waals surface area contributed by atoms with Gasteiger partial charge in [-0.1, -0.05) is 6.07 Å². The van der Waals surface area contributed by atoms with Crippen molar-refractivity contribution in [2.75, 3.05) is 0 Å². The summed E-state index contributed by atoms with van der Waals surface area (Å²) in [6.45, 7) is 2.31. The number of carbonyl (C=O) groups excluding carboxylic acids is 1. The van der Waals surface area contributed by atoms with Crippen LogP contribution >= 0.6 is 11.6 Å². The second kappa shape index (κ2) is 7.85. The fourth-order valence-electron chi connectivity index (χ4n) is 2.55. The molecule has 0 radical (unpaired) electrons. The lowest BCUT2D eigenvalue weighted by Gasteiger charge is -2.11. The van der Waals surface area contributed by atoms with Crippen LogP contribution in [-0.4, -0.2) is 20.9 Å². The Balaban J connectivity index is 1.87. The van der Waals surface area contributed by atoms with Crippen LogP contribution in [-0.2, 0) is 12.4 Å². The summed E-state index contributed by atoms with van der Waals surface area (Å²) >= 11 is 6.01. The van der Waals surface area contributed by atoms with E-state index < -0.39 is 0 Å². The van der Waals surface area contributed by atoms with E-state index in [1.165, 1.54) is 6.33 Å². The van der Waals surface area contributed by atoms with Gasteiger partial charge in [-0.2, -0.15) is 0 Å². The Morgan fingerprint density at radius 3 is 2.68 bits per heavy atom. The number of rotatable bonds is 5. The third-order valence-electron chi connectivity index (χ3n) is 3.79. The number of aryl methyl sites for hydroxylation is 1. The third-order valence-corrected chi connectivity index (χ3v) is 4.10. The van der Waals surface area contributed by atoms with E-state index >= 15 is 0 Å². The van der Waals surface area contributed by atoms with Crippen molar-refractivity contribution >= 4 is 17.5 Å². The molecule has 2 aromatic heterocycles. The van der Waals surface area contributed by atoms with Crippen molar-refractivity contribution in [3.8, 4) is 11.1 Å². The number of pyridine rings is 1. The minimum atomic E-state index is -0.168. The zero-order valence-corrected chi connectivity index (χ0v) is 14.5. The van der Waals surface area contributed by atoms with Gasteiger partial charge in [-0.15, -0.1) is 11.6 Å².